The van der Waals surface area contributed by atoms with Crippen molar-refractivity contribution in [1.29, 1.82) is 0 Å². The molecule has 0 spiro atoms. The highest BCUT2D eigenvalue weighted by Gasteiger charge is 2.20. The molecule has 100 valence electrons. The maximum Gasteiger partial charge on any atom is 0.0208 e. The fourth-order valence-corrected chi connectivity index (χ4v) is 2.78. The number of likely N-dealkylation sites (tertiary alicyclic amines) is 1. The molecule has 1 saturated heterocycles. The van der Waals surface area contributed by atoms with Gasteiger partial charge in [0.05, 0.1) is 0 Å². The lowest BCUT2D eigenvalue weighted by Crippen LogP contribution is -2.26. The lowest BCUT2D eigenvalue weighted by atomic mass is 10.0. The molecular formula is C16H26N2. The second-order valence-corrected chi connectivity index (χ2v) is 5.54. The van der Waals surface area contributed by atoms with E-state index in [0.717, 1.165) is 19.0 Å². The Morgan fingerprint density at radius 2 is 2.17 bits per heavy atom. The zero-order valence-electron chi connectivity index (χ0n) is 12.0. The van der Waals surface area contributed by atoms with Crippen molar-refractivity contribution in [1.82, 2.24) is 10.2 Å². The molecule has 1 atom stereocenters. The summed E-state index contributed by atoms with van der Waals surface area (Å²) in [7, 11) is 0. The Kier molecular flexibility index (Phi) is 4.79. The van der Waals surface area contributed by atoms with Crippen molar-refractivity contribution in [3.8, 4) is 0 Å². The number of nitrogens with one attached hydrogen (secondary N) is 1. The van der Waals surface area contributed by atoms with Crippen molar-refractivity contribution in [3.05, 3.63) is 34.9 Å². The van der Waals surface area contributed by atoms with E-state index in [1.165, 1.54) is 42.7 Å². The van der Waals surface area contributed by atoms with Crippen molar-refractivity contribution >= 4 is 0 Å². The second-order valence-electron chi connectivity index (χ2n) is 5.54. The Morgan fingerprint density at radius 3 is 2.89 bits per heavy atom. The standard InChI is InChI=1S/C16H26N2/c1-4-18-9-8-15(12-18)10-17-11-16-7-5-6-13(2)14(16)3/h5-7,15,17H,4,8-12H2,1-3H3. The van der Waals surface area contributed by atoms with Gasteiger partial charge in [0, 0.05) is 13.1 Å². The Bertz CT molecular complexity index is 387. The number of hydrogen-bond acceptors (Lipinski definition) is 2. The first-order valence-corrected chi connectivity index (χ1v) is 7.19. The van der Waals surface area contributed by atoms with Crippen molar-refractivity contribution in [2.45, 2.75) is 33.7 Å². The minimum absolute atomic E-state index is 0.843. The number of benzene rings is 1. The predicted octanol–water partition coefficient (Wildman–Crippen LogP) is 2.73. The molecule has 18 heavy (non-hydrogen) atoms. The summed E-state index contributed by atoms with van der Waals surface area (Å²) < 4.78 is 0. The van der Waals surface area contributed by atoms with Crippen LogP contribution in [0.25, 0.3) is 0 Å². The molecular weight excluding hydrogens is 220 g/mol. The average Bonchev–Trinajstić information content (AvgIpc) is 2.82. The molecule has 1 N–H and O–H groups in total. The molecule has 1 aliphatic heterocycles. The normalized spacial score (nSPS) is 20.5. The lowest BCUT2D eigenvalue weighted by molar-refractivity contribution is 0.339. The first-order valence-electron chi connectivity index (χ1n) is 7.19. The Labute approximate surface area is 111 Å². The van der Waals surface area contributed by atoms with E-state index in [1.54, 1.807) is 0 Å². The van der Waals surface area contributed by atoms with Gasteiger partial charge >= 0.3 is 0 Å². The fourth-order valence-electron chi connectivity index (χ4n) is 2.78. The quantitative estimate of drug-likeness (QED) is 0.859. The SMILES string of the molecule is CCN1CCC(CNCc2cccc(C)c2C)C1. The van der Waals surface area contributed by atoms with Crippen molar-refractivity contribution < 1.29 is 0 Å². The first kappa shape index (κ1) is 13.6. The molecule has 0 bridgehead atoms. The summed E-state index contributed by atoms with van der Waals surface area (Å²) in [4.78, 5) is 2.55. The molecule has 1 aliphatic rings. The van der Waals surface area contributed by atoms with E-state index < -0.39 is 0 Å². The van der Waals surface area contributed by atoms with E-state index >= 15 is 0 Å². The van der Waals surface area contributed by atoms with Crippen molar-refractivity contribution in [2.24, 2.45) is 5.92 Å². The van der Waals surface area contributed by atoms with Crippen LogP contribution in [0.4, 0.5) is 0 Å². The monoisotopic (exact) mass is 246 g/mol. The molecule has 0 aliphatic carbocycles. The van der Waals surface area contributed by atoms with Gasteiger partial charge in [-0.15, -0.1) is 0 Å². The van der Waals surface area contributed by atoms with Crippen LogP contribution in [0.5, 0.6) is 0 Å². The van der Waals surface area contributed by atoms with Gasteiger partial charge in [0.25, 0.3) is 0 Å². The highest BCUT2D eigenvalue weighted by Crippen LogP contribution is 2.16. The number of nitrogens with zero attached hydrogens (tertiary/aromatic N) is 1. The Morgan fingerprint density at radius 1 is 1.33 bits per heavy atom. The number of rotatable bonds is 5. The molecule has 0 aromatic heterocycles. The third kappa shape index (κ3) is 3.33. The molecule has 1 fully saturated rings. The van der Waals surface area contributed by atoms with Gasteiger partial charge in [-0.05, 0) is 62.5 Å². The van der Waals surface area contributed by atoms with Crippen LogP contribution in [-0.4, -0.2) is 31.1 Å². The Balaban J connectivity index is 1.77. The van der Waals surface area contributed by atoms with Crippen LogP contribution in [0.1, 0.15) is 30.0 Å². The topological polar surface area (TPSA) is 15.3 Å². The fraction of sp³-hybridized carbons (Fsp3) is 0.625. The molecule has 1 heterocycles. The summed E-state index contributed by atoms with van der Waals surface area (Å²) in [6.07, 6.45) is 1.35. The largest absolute Gasteiger partial charge is 0.312 e. The third-order valence-electron chi connectivity index (χ3n) is 4.28. The van der Waals surface area contributed by atoms with E-state index in [2.05, 4.69) is 49.2 Å². The molecule has 1 aromatic rings. The van der Waals surface area contributed by atoms with Crippen LogP contribution in [0.15, 0.2) is 18.2 Å². The summed E-state index contributed by atoms with van der Waals surface area (Å²) >= 11 is 0. The number of hydrogen-bond donors (Lipinski definition) is 1. The van der Waals surface area contributed by atoms with Crippen LogP contribution in [0.2, 0.25) is 0 Å². The second kappa shape index (κ2) is 6.35. The number of aryl methyl sites for hydroxylation is 1. The minimum Gasteiger partial charge on any atom is -0.312 e. The van der Waals surface area contributed by atoms with Crippen LogP contribution in [0, 0.1) is 19.8 Å². The van der Waals surface area contributed by atoms with Crippen LogP contribution < -0.4 is 5.32 Å². The molecule has 0 saturated carbocycles. The van der Waals surface area contributed by atoms with Gasteiger partial charge < -0.3 is 10.2 Å². The third-order valence-corrected chi connectivity index (χ3v) is 4.28. The highest BCUT2D eigenvalue weighted by atomic mass is 15.1. The molecule has 0 radical (unpaired) electrons. The van der Waals surface area contributed by atoms with Gasteiger partial charge in [0.1, 0.15) is 0 Å². The van der Waals surface area contributed by atoms with Gasteiger partial charge in [-0.1, -0.05) is 25.1 Å². The molecule has 2 nitrogen and oxygen atoms in total. The summed E-state index contributed by atoms with van der Waals surface area (Å²) in [6.45, 7) is 12.6. The smallest absolute Gasteiger partial charge is 0.0208 e. The van der Waals surface area contributed by atoms with E-state index in [9.17, 15) is 0 Å². The zero-order chi connectivity index (χ0) is 13.0. The van der Waals surface area contributed by atoms with E-state index in [-0.39, 0.29) is 0 Å². The van der Waals surface area contributed by atoms with Crippen LogP contribution in [-0.2, 0) is 6.54 Å². The minimum atomic E-state index is 0.843. The molecule has 1 unspecified atom stereocenters. The first-order chi connectivity index (χ1) is 8.70. The van der Waals surface area contributed by atoms with Gasteiger partial charge in [0.15, 0.2) is 0 Å². The summed E-state index contributed by atoms with van der Waals surface area (Å²) in [6, 6.07) is 6.59. The average molecular weight is 246 g/mol. The summed E-state index contributed by atoms with van der Waals surface area (Å²) in [5.74, 6) is 0.843. The van der Waals surface area contributed by atoms with E-state index in [1.807, 2.05) is 0 Å². The van der Waals surface area contributed by atoms with Gasteiger partial charge in [0.2, 0.25) is 0 Å². The van der Waals surface area contributed by atoms with Crippen LogP contribution >= 0.6 is 0 Å². The van der Waals surface area contributed by atoms with E-state index in [0.29, 0.717) is 0 Å². The molecule has 2 heteroatoms. The van der Waals surface area contributed by atoms with Gasteiger partial charge in [-0.3, -0.25) is 0 Å². The summed E-state index contributed by atoms with van der Waals surface area (Å²) in [5.41, 5.74) is 4.28. The molecule has 2 rings (SSSR count). The maximum absolute atomic E-state index is 3.63. The molecule has 0 amide bonds. The Hall–Kier alpha value is -0.860. The van der Waals surface area contributed by atoms with Gasteiger partial charge in [-0.25, -0.2) is 0 Å². The van der Waals surface area contributed by atoms with Gasteiger partial charge in [-0.2, -0.15) is 0 Å². The zero-order valence-corrected chi connectivity index (χ0v) is 12.0. The van der Waals surface area contributed by atoms with Crippen molar-refractivity contribution in [3.63, 3.8) is 0 Å². The summed E-state index contributed by atoms with van der Waals surface area (Å²) in [5, 5.41) is 3.63. The maximum atomic E-state index is 3.63. The molecule has 1 aromatic carbocycles. The lowest BCUT2D eigenvalue weighted by Gasteiger charge is -2.14. The van der Waals surface area contributed by atoms with Crippen LogP contribution in [0.3, 0.4) is 0 Å². The predicted molar refractivity (Wildman–Crippen MR) is 77.8 cm³/mol. The van der Waals surface area contributed by atoms with E-state index in [4.69, 9.17) is 0 Å². The van der Waals surface area contributed by atoms with Crippen molar-refractivity contribution in [2.75, 3.05) is 26.2 Å². The highest BCUT2D eigenvalue weighted by molar-refractivity contribution is 5.32.